The molecule has 0 unspecified atom stereocenters. The highest BCUT2D eigenvalue weighted by atomic mass is 15.3. The summed E-state index contributed by atoms with van der Waals surface area (Å²) in [7, 11) is 0. The third-order valence-corrected chi connectivity index (χ3v) is 5.01. The van der Waals surface area contributed by atoms with Gasteiger partial charge in [0.2, 0.25) is 0 Å². The number of nitrogens with zero attached hydrogens (tertiary/aromatic N) is 4. The third-order valence-electron chi connectivity index (χ3n) is 5.01. The summed E-state index contributed by atoms with van der Waals surface area (Å²) in [6.07, 6.45) is 7.92. The molecule has 0 amide bonds. The Bertz CT molecular complexity index is 792. The predicted octanol–water partition coefficient (Wildman–Crippen LogP) is 3.02. The highest BCUT2D eigenvalue weighted by molar-refractivity contribution is 5.32. The van der Waals surface area contributed by atoms with Crippen molar-refractivity contribution < 1.29 is 0 Å². The third kappa shape index (κ3) is 4.18. The van der Waals surface area contributed by atoms with Gasteiger partial charge in [-0.05, 0) is 43.6 Å². The maximum atomic E-state index is 4.50. The smallest absolute Gasteiger partial charge is 0.157 e. The van der Waals surface area contributed by atoms with Gasteiger partial charge in [0.05, 0.1) is 0 Å². The monoisotopic (exact) mass is 347 g/mol. The number of benzene rings is 1. The first kappa shape index (κ1) is 16.9. The van der Waals surface area contributed by atoms with E-state index in [1.807, 2.05) is 29.2 Å². The Balaban J connectivity index is 1.29. The van der Waals surface area contributed by atoms with Crippen LogP contribution < -0.4 is 5.32 Å². The van der Waals surface area contributed by atoms with Crippen LogP contribution in [-0.4, -0.2) is 38.8 Å². The molecule has 0 radical (unpaired) electrons. The van der Waals surface area contributed by atoms with Gasteiger partial charge in [0.1, 0.15) is 0 Å². The number of hydrogen-bond donors (Lipinski definition) is 1. The van der Waals surface area contributed by atoms with Crippen molar-refractivity contribution in [1.82, 2.24) is 25.0 Å². The van der Waals surface area contributed by atoms with Gasteiger partial charge in [-0.3, -0.25) is 4.90 Å². The topological polar surface area (TPSA) is 46.0 Å². The van der Waals surface area contributed by atoms with Gasteiger partial charge in [-0.1, -0.05) is 36.4 Å². The highest BCUT2D eigenvalue weighted by Gasteiger charge is 2.19. The van der Waals surface area contributed by atoms with Crippen LogP contribution in [0.25, 0.3) is 5.82 Å². The van der Waals surface area contributed by atoms with E-state index in [2.05, 4.69) is 56.7 Å². The van der Waals surface area contributed by atoms with Crippen molar-refractivity contribution in [1.29, 1.82) is 0 Å². The van der Waals surface area contributed by atoms with E-state index in [-0.39, 0.29) is 0 Å². The molecule has 3 heterocycles. The van der Waals surface area contributed by atoms with E-state index in [0.717, 1.165) is 32.0 Å². The summed E-state index contributed by atoms with van der Waals surface area (Å²) in [5.74, 6) is 0.909. The van der Waals surface area contributed by atoms with E-state index in [1.54, 1.807) is 6.20 Å². The summed E-state index contributed by atoms with van der Waals surface area (Å²) in [6.45, 7) is 4.17. The SMILES string of the molecule is c1ccc(CN2CCC(NCc3cccnc3-n3cccn3)CC2)cc1. The Morgan fingerprint density at radius 1 is 0.962 bits per heavy atom. The first-order valence-corrected chi connectivity index (χ1v) is 9.32. The van der Waals surface area contributed by atoms with Gasteiger partial charge in [0.15, 0.2) is 5.82 Å². The normalized spacial score (nSPS) is 16.0. The Morgan fingerprint density at radius 3 is 2.58 bits per heavy atom. The van der Waals surface area contributed by atoms with Crippen LogP contribution in [0.5, 0.6) is 0 Å². The standard InChI is InChI=1S/C21H25N5/c1-2-6-18(7-3-1)17-25-14-9-20(10-15-25)23-16-19-8-4-11-22-21(19)26-13-5-12-24-26/h1-8,11-13,20,23H,9-10,14-17H2. The average Bonchev–Trinajstić information content (AvgIpc) is 3.23. The fourth-order valence-corrected chi connectivity index (χ4v) is 3.56. The first-order valence-electron chi connectivity index (χ1n) is 9.32. The fourth-order valence-electron chi connectivity index (χ4n) is 3.56. The van der Waals surface area contributed by atoms with Gasteiger partial charge in [0.25, 0.3) is 0 Å². The lowest BCUT2D eigenvalue weighted by atomic mass is 10.0. The molecule has 5 heteroatoms. The molecule has 1 aliphatic rings. The molecule has 134 valence electrons. The van der Waals surface area contributed by atoms with Crippen LogP contribution in [0.2, 0.25) is 0 Å². The molecule has 5 nitrogen and oxygen atoms in total. The van der Waals surface area contributed by atoms with Crippen LogP contribution in [0.4, 0.5) is 0 Å². The lowest BCUT2D eigenvalue weighted by Crippen LogP contribution is -2.42. The molecular weight excluding hydrogens is 322 g/mol. The van der Waals surface area contributed by atoms with Gasteiger partial charge in [0, 0.05) is 43.3 Å². The second-order valence-electron chi connectivity index (χ2n) is 6.85. The van der Waals surface area contributed by atoms with Crippen LogP contribution in [0.1, 0.15) is 24.0 Å². The van der Waals surface area contributed by atoms with Crippen LogP contribution in [0.3, 0.4) is 0 Å². The molecule has 0 spiro atoms. The van der Waals surface area contributed by atoms with E-state index < -0.39 is 0 Å². The van der Waals surface area contributed by atoms with Gasteiger partial charge in [-0.15, -0.1) is 0 Å². The van der Waals surface area contributed by atoms with Crippen molar-refractivity contribution in [3.8, 4) is 5.82 Å². The number of likely N-dealkylation sites (tertiary alicyclic amines) is 1. The van der Waals surface area contributed by atoms with Crippen LogP contribution >= 0.6 is 0 Å². The lowest BCUT2D eigenvalue weighted by Gasteiger charge is -2.32. The highest BCUT2D eigenvalue weighted by Crippen LogP contribution is 2.16. The van der Waals surface area contributed by atoms with E-state index >= 15 is 0 Å². The summed E-state index contributed by atoms with van der Waals surface area (Å²) >= 11 is 0. The van der Waals surface area contributed by atoms with Crippen molar-refractivity contribution in [2.45, 2.75) is 32.0 Å². The number of hydrogen-bond acceptors (Lipinski definition) is 4. The second-order valence-corrected chi connectivity index (χ2v) is 6.85. The quantitative estimate of drug-likeness (QED) is 0.744. The minimum absolute atomic E-state index is 0.563. The Kier molecular flexibility index (Phi) is 5.38. The fraction of sp³-hybridized carbons (Fsp3) is 0.333. The number of piperidine rings is 1. The minimum Gasteiger partial charge on any atom is -0.310 e. The molecule has 4 rings (SSSR count). The molecule has 3 aromatic rings. The molecule has 1 fully saturated rings. The van der Waals surface area contributed by atoms with Crippen molar-refractivity contribution in [2.75, 3.05) is 13.1 Å². The number of aromatic nitrogens is 3. The second kappa shape index (κ2) is 8.25. The summed E-state index contributed by atoms with van der Waals surface area (Å²) < 4.78 is 1.83. The van der Waals surface area contributed by atoms with Gasteiger partial charge in [-0.2, -0.15) is 5.10 Å². The van der Waals surface area contributed by atoms with Crippen molar-refractivity contribution >= 4 is 0 Å². The van der Waals surface area contributed by atoms with Crippen molar-refractivity contribution in [3.05, 3.63) is 78.2 Å². The maximum Gasteiger partial charge on any atom is 0.157 e. The lowest BCUT2D eigenvalue weighted by molar-refractivity contribution is 0.190. The summed E-state index contributed by atoms with van der Waals surface area (Å²) in [4.78, 5) is 7.04. The average molecular weight is 347 g/mol. The van der Waals surface area contributed by atoms with Crippen LogP contribution in [0.15, 0.2) is 67.1 Å². The van der Waals surface area contributed by atoms with E-state index in [4.69, 9.17) is 0 Å². The Labute approximate surface area is 154 Å². The summed E-state index contributed by atoms with van der Waals surface area (Å²) in [6, 6.07) is 17.3. The van der Waals surface area contributed by atoms with Gasteiger partial charge >= 0.3 is 0 Å². The molecule has 26 heavy (non-hydrogen) atoms. The van der Waals surface area contributed by atoms with Gasteiger partial charge < -0.3 is 5.32 Å². The molecule has 2 aromatic heterocycles. The molecule has 0 atom stereocenters. The maximum absolute atomic E-state index is 4.50. The molecule has 1 aromatic carbocycles. The Hall–Kier alpha value is -2.50. The van der Waals surface area contributed by atoms with E-state index in [9.17, 15) is 0 Å². The molecule has 1 saturated heterocycles. The van der Waals surface area contributed by atoms with Crippen molar-refractivity contribution in [2.24, 2.45) is 0 Å². The molecule has 0 aliphatic carbocycles. The molecular formula is C21H25N5. The van der Waals surface area contributed by atoms with Crippen LogP contribution in [0, 0.1) is 0 Å². The largest absolute Gasteiger partial charge is 0.310 e. The number of rotatable bonds is 6. The van der Waals surface area contributed by atoms with Crippen LogP contribution in [-0.2, 0) is 13.1 Å². The Morgan fingerprint density at radius 2 is 1.81 bits per heavy atom. The molecule has 1 N–H and O–H groups in total. The summed E-state index contributed by atoms with van der Waals surface area (Å²) in [5.41, 5.74) is 2.58. The minimum atomic E-state index is 0.563. The zero-order chi connectivity index (χ0) is 17.6. The van der Waals surface area contributed by atoms with E-state index in [0.29, 0.717) is 6.04 Å². The summed E-state index contributed by atoms with van der Waals surface area (Å²) in [5, 5.41) is 8.03. The predicted molar refractivity (Wildman–Crippen MR) is 103 cm³/mol. The molecule has 1 aliphatic heterocycles. The van der Waals surface area contributed by atoms with Gasteiger partial charge in [-0.25, -0.2) is 9.67 Å². The zero-order valence-electron chi connectivity index (χ0n) is 15.0. The molecule has 0 bridgehead atoms. The number of pyridine rings is 1. The van der Waals surface area contributed by atoms with E-state index in [1.165, 1.54) is 24.0 Å². The van der Waals surface area contributed by atoms with Crippen molar-refractivity contribution in [3.63, 3.8) is 0 Å². The molecule has 0 saturated carbocycles. The zero-order valence-corrected chi connectivity index (χ0v) is 15.0. The first-order chi connectivity index (χ1) is 12.9. The number of nitrogens with one attached hydrogen (secondary N) is 1.